The van der Waals surface area contributed by atoms with Crippen LogP contribution in [0.4, 0.5) is 0 Å². The molecule has 0 spiro atoms. The summed E-state index contributed by atoms with van der Waals surface area (Å²) < 4.78 is 0. The molecule has 1 aliphatic carbocycles. The zero-order chi connectivity index (χ0) is 17.8. The van der Waals surface area contributed by atoms with Gasteiger partial charge >= 0.3 is 0 Å². The van der Waals surface area contributed by atoms with Crippen molar-refractivity contribution in [2.24, 2.45) is 29.6 Å². The Hall–Kier alpha value is -0.570. The smallest absolute Gasteiger partial charge is 0.225 e. The van der Waals surface area contributed by atoms with E-state index < -0.39 is 0 Å². The summed E-state index contributed by atoms with van der Waals surface area (Å²) in [5.41, 5.74) is 0. The van der Waals surface area contributed by atoms with Gasteiger partial charge in [-0.25, -0.2) is 0 Å². The SMILES string of the molecule is CC(C)CC1CCN(C(=O)C2CCC(C3CCN(C)CC3)CC2)CC1. The summed E-state index contributed by atoms with van der Waals surface area (Å²) in [4.78, 5) is 17.6. The summed E-state index contributed by atoms with van der Waals surface area (Å²) in [5.74, 6) is 4.30. The molecule has 0 bridgehead atoms. The van der Waals surface area contributed by atoms with Crippen molar-refractivity contribution in [2.45, 2.75) is 71.6 Å². The fourth-order valence-corrected chi connectivity index (χ4v) is 5.65. The third-order valence-electron chi connectivity index (χ3n) is 7.28. The van der Waals surface area contributed by atoms with Crippen molar-refractivity contribution in [2.75, 3.05) is 33.2 Å². The van der Waals surface area contributed by atoms with Crippen LogP contribution in [0.3, 0.4) is 0 Å². The van der Waals surface area contributed by atoms with Crippen LogP contribution in [0.25, 0.3) is 0 Å². The first-order valence-corrected chi connectivity index (χ1v) is 11.0. The van der Waals surface area contributed by atoms with Gasteiger partial charge in [-0.15, -0.1) is 0 Å². The molecule has 1 saturated carbocycles. The molecule has 0 aromatic rings. The monoisotopic (exact) mass is 348 g/mol. The van der Waals surface area contributed by atoms with Crippen LogP contribution in [0, 0.1) is 29.6 Å². The minimum absolute atomic E-state index is 0.337. The normalized spacial score (nSPS) is 30.8. The molecule has 3 rings (SSSR count). The highest BCUT2D eigenvalue weighted by Gasteiger charge is 2.34. The van der Waals surface area contributed by atoms with Crippen molar-refractivity contribution in [1.29, 1.82) is 0 Å². The topological polar surface area (TPSA) is 23.6 Å². The van der Waals surface area contributed by atoms with Gasteiger partial charge in [-0.1, -0.05) is 13.8 Å². The van der Waals surface area contributed by atoms with E-state index in [0.717, 1.165) is 49.6 Å². The average molecular weight is 349 g/mol. The molecule has 144 valence electrons. The highest BCUT2D eigenvalue weighted by Crippen LogP contribution is 2.38. The Morgan fingerprint density at radius 3 is 1.96 bits per heavy atom. The number of amides is 1. The van der Waals surface area contributed by atoms with E-state index in [1.807, 2.05) is 0 Å². The molecule has 0 atom stereocenters. The maximum absolute atomic E-state index is 12.9. The Kier molecular flexibility index (Phi) is 6.82. The van der Waals surface area contributed by atoms with Crippen LogP contribution in [-0.2, 0) is 4.79 Å². The molecule has 3 nitrogen and oxygen atoms in total. The number of piperidine rings is 2. The maximum atomic E-state index is 12.9. The van der Waals surface area contributed by atoms with Gasteiger partial charge in [-0.2, -0.15) is 0 Å². The Morgan fingerprint density at radius 1 is 0.840 bits per heavy atom. The first-order chi connectivity index (χ1) is 12.0. The maximum Gasteiger partial charge on any atom is 0.225 e. The van der Waals surface area contributed by atoms with Crippen molar-refractivity contribution >= 4 is 5.91 Å². The minimum atomic E-state index is 0.337. The number of carbonyl (C=O) groups excluding carboxylic acids is 1. The number of hydrogen-bond acceptors (Lipinski definition) is 2. The molecule has 3 heteroatoms. The van der Waals surface area contributed by atoms with Gasteiger partial charge in [0.05, 0.1) is 0 Å². The molecule has 0 N–H and O–H groups in total. The second kappa shape index (κ2) is 8.88. The van der Waals surface area contributed by atoms with E-state index in [1.165, 1.54) is 58.0 Å². The molecule has 2 heterocycles. The van der Waals surface area contributed by atoms with Gasteiger partial charge in [-0.3, -0.25) is 4.79 Å². The fraction of sp³-hybridized carbons (Fsp3) is 0.955. The predicted octanol–water partition coefficient (Wildman–Crippen LogP) is 4.42. The van der Waals surface area contributed by atoms with Crippen LogP contribution >= 0.6 is 0 Å². The van der Waals surface area contributed by atoms with Crippen LogP contribution in [0.1, 0.15) is 71.6 Å². The highest BCUT2D eigenvalue weighted by molar-refractivity contribution is 5.79. The lowest BCUT2D eigenvalue weighted by molar-refractivity contribution is -0.138. The van der Waals surface area contributed by atoms with Crippen LogP contribution in [-0.4, -0.2) is 48.9 Å². The molecule has 0 aromatic carbocycles. The second-order valence-electron chi connectivity index (χ2n) is 9.65. The molecule has 3 fully saturated rings. The van der Waals surface area contributed by atoms with Crippen molar-refractivity contribution in [3.8, 4) is 0 Å². The number of nitrogens with zero attached hydrogens (tertiary/aromatic N) is 2. The Labute approximate surface area is 155 Å². The van der Waals surface area contributed by atoms with E-state index >= 15 is 0 Å². The largest absolute Gasteiger partial charge is 0.342 e. The number of hydrogen-bond donors (Lipinski definition) is 0. The molecule has 2 aliphatic heterocycles. The quantitative estimate of drug-likeness (QED) is 0.751. The number of rotatable bonds is 4. The first-order valence-electron chi connectivity index (χ1n) is 11.0. The van der Waals surface area contributed by atoms with E-state index in [2.05, 4.69) is 30.7 Å². The molecule has 0 radical (unpaired) electrons. The van der Waals surface area contributed by atoms with Crippen molar-refractivity contribution in [3.05, 3.63) is 0 Å². The Bertz CT molecular complexity index is 412. The number of likely N-dealkylation sites (tertiary alicyclic amines) is 2. The molecule has 2 saturated heterocycles. The lowest BCUT2D eigenvalue weighted by Gasteiger charge is -2.40. The molecule has 0 unspecified atom stereocenters. The van der Waals surface area contributed by atoms with E-state index in [9.17, 15) is 4.79 Å². The predicted molar refractivity (Wildman–Crippen MR) is 104 cm³/mol. The summed E-state index contributed by atoms with van der Waals surface area (Å²) in [7, 11) is 2.25. The van der Waals surface area contributed by atoms with Gasteiger partial charge in [0.15, 0.2) is 0 Å². The van der Waals surface area contributed by atoms with Crippen LogP contribution in [0.2, 0.25) is 0 Å². The van der Waals surface area contributed by atoms with Crippen molar-refractivity contribution in [3.63, 3.8) is 0 Å². The van der Waals surface area contributed by atoms with Gasteiger partial charge in [-0.05, 0) is 102 Å². The zero-order valence-corrected chi connectivity index (χ0v) is 16.9. The summed E-state index contributed by atoms with van der Waals surface area (Å²) >= 11 is 0. The van der Waals surface area contributed by atoms with Crippen LogP contribution in [0.5, 0.6) is 0 Å². The molecule has 25 heavy (non-hydrogen) atoms. The average Bonchev–Trinajstić information content (AvgIpc) is 2.62. The third-order valence-corrected chi connectivity index (χ3v) is 7.28. The number of carbonyl (C=O) groups is 1. The molecule has 0 aromatic heterocycles. The lowest BCUT2D eigenvalue weighted by Crippen LogP contribution is -2.43. The molecule has 1 amide bonds. The Morgan fingerprint density at radius 2 is 1.40 bits per heavy atom. The zero-order valence-electron chi connectivity index (χ0n) is 16.9. The highest BCUT2D eigenvalue weighted by atomic mass is 16.2. The van der Waals surface area contributed by atoms with Crippen molar-refractivity contribution < 1.29 is 4.79 Å². The third kappa shape index (κ3) is 5.21. The van der Waals surface area contributed by atoms with Crippen LogP contribution in [0.15, 0.2) is 0 Å². The summed E-state index contributed by atoms with van der Waals surface area (Å²) in [5, 5.41) is 0. The van der Waals surface area contributed by atoms with Crippen molar-refractivity contribution in [1.82, 2.24) is 9.80 Å². The summed E-state index contributed by atoms with van der Waals surface area (Å²) in [6, 6.07) is 0. The van der Waals surface area contributed by atoms with E-state index in [-0.39, 0.29) is 0 Å². The summed E-state index contributed by atoms with van der Waals surface area (Å²) in [6.45, 7) is 9.22. The minimum Gasteiger partial charge on any atom is -0.342 e. The van der Waals surface area contributed by atoms with Gasteiger partial charge in [0.2, 0.25) is 5.91 Å². The molecular formula is C22H40N2O. The van der Waals surface area contributed by atoms with E-state index in [1.54, 1.807) is 0 Å². The van der Waals surface area contributed by atoms with E-state index in [4.69, 9.17) is 0 Å². The van der Waals surface area contributed by atoms with Crippen LogP contribution < -0.4 is 0 Å². The molecular weight excluding hydrogens is 308 g/mol. The second-order valence-corrected chi connectivity index (χ2v) is 9.65. The van der Waals surface area contributed by atoms with E-state index in [0.29, 0.717) is 11.8 Å². The first kappa shape index (κ1) is 19.2. The van der Waals surface area contributed by atoms with Gasteiger partial charge in [0.25, 0.3) is 0 Å². The fourth-order valence-electron chi connectivity index (χ4n) is 5.65. The molecule has 3 aliphatic rings. The lowest BCUT2D eigenvalue weighted by atomic mass is 9.72. The van der Waals surface area contributed by atoms with Gasteiger partial charge in [0.1, 0.15) is 0 Å². The standard InChI is InChI=1S/C22H40N2O/c1-17(2)16-18-8-14-24(15-9-18)22(25)21-6-4-19(5-7-21)20-10-12-23(3)13-11-20/h17-21H,4-16H2,1-3H3. The van der Waals surface area contributed by atoms with Gasteiger partial charge < -0.3 is 9.80 Å². The summed E-state index contributed by atoms with van der Waals surface area (Å²) in [6.07, 6.45) is 11.5. The Balaban J connectivity index is 1.40. The van der Waals surface area contributed by atoms with Gasteiger partial charge in [0, 0.05) is 19.0 Å².